The fourth-order valence-electron chi connectivity index (χ4n) is 2.72. The molecule has 0 fully saturated rings. The number of hydrogen-bond donors (Lipinski definition) is 1. The van der Waals surface area contributed by atoms with Gasteiger partial charge in [0, 0.05) is 11.4 Å². The summed E-state index contributed by atoms with van der Waals surface area (Å²) in [6.07, 6.45) is 0. The molecule has 0 saturated heterocycles. The van der Waals surface area contributed by atoms with E-state index in [2.05, 4.69) is 9.71 Å². The topological polar surface area (TPSA) is 124 Å². The Kier molecular flexibility index (Phi) is 6.45. The van der Waals surface area contributed by atoms with Gasteiger partial charge in [0.05, 0.1) is 37.8 Å². The number of benzene rings is 1. The Morgan fingerprint density at radius 3 is 2.45 bits per heavy atom. The molecule has 0 aromatic heterocycles. The van der Waals surface area contributed by atoms with E-state index in [9.17, 15) is 18.0 Å². The molecule has 2 aliphatic rings. The van der Waals surface area contributed by atoms with Gasteiger partial charge in [-0.25, -0.2) is 18.0 Å². The smallest absolute Gasteiger partial charge is 0.355 e. The van der Waals surface area contributed by atoms with Gasteiger partial charge in [0.25, 0.3) is 10.0 Å². The average Bonchev–Trinajstić information content (AvgIpc) is 3.24. The fourth-order valence-corrected chi connectivity index (χ4v) is 4.75. The molecule has 3 rings (SSSR count). The quantitative estimate of drug-likeness (QED) is 0.649. The molecular formula is C17H19N3O7S2. The first-order chi connectivity index (χ1) is 13.9. The predicted molar refractivity (Wildman–Crippen MR) is 106 cm³/mol. The highest BCUT2D eigenvalue weighted by Gasteiger charge is 2.32. The number of anilines is 1. The number of nitrogens with one attached hydrogen (secondary N) is 1. The van der Waals surface area contributed by atoms with E-state index in [0.717, 1.165) is 5.75 Å². The molecule has 0 saturated carbocycles. The van der Waals surface area contributed by atoms with E-state index in [1.807, 2.05) is 0 Å². The van der Waals surface area contributed by atoms with Crippen molar-refractivity contribution in [3.63, 3.8) is 0 Å². The van der Waals surface area contributed by atoms with Crippen LogP contribution in [0.5, 0.6) is 0 Å². The van der Waals surface area contributed by atoms with Gasteiger partial charge in [0.15, 0.2) is 5.17 Å². The SMILES string of the molecule is COC(=O)C1=C(C(=O)OC)N(c2ccc(S(=O)(=O)NC3=NCCS3)cc2)COC1. The van der Waals surface area contributed by atoms with Gasteiger partial charge in [0.2, 0.25) is 0 Å². The molecule has 0 aliphatic carbocycles. The van der Waals surface area contributed by atoms with Crippen LogP contribution in [0.2, 0.25) is 0 Å². The number of amidine groups is 1. The summed E-state index contributed by atoms with van der Waals surface area (Å²) < 4.78 is 42.3. The zero-order valence-corrected chi connectivity index (χ0v) is 17.3. The van der Waals surface area contributed by atoms with Crippen LogP contribution in [0, 0.1) is 0 Å². The van der Waals surface area contributed by atoms with E-state index in [1.165, 1.54) is 55.1 Å². The van der Waals surface area contributed by atoms with Crippen molar-refractivity contribution in [2.75, 3.05) is 44.8 Å². The fraction of sp³-hybridized carbons (Fsp3) is 0.353. The summed E-state index contributed by atoms with van der Waals surface area (Å²) in [5.74, 6) is -0.714. The molecule has 1 aromatic rings. The zero-order chi connectivity index (χ0) is 21.0. The summed E-state index contributed by atoms with van der Waals surface area (Å²) in [6.45, 7) is 0.439. The Balaban J connectivity index is 1.91. The largest absolute Gasteiger partial charge is 0.466 e. The van der Waals surface area contributed by atoms with Gasteiger partial charge in [-0.15, -0.1) is 0 Å². The number of hydrogen-bond acceptors (Lipinski definition) is 10. The molecule has 0 bridgehead atoms. The third-order valence-corrected chi connectivity index (χ3v) is 6.47. The van der Waals surface area contributed by atoms with Gasteiger partial charge < -0.3 is 19.1 Å². The van der Waals surface area contributed by atoms with Crippen molar-refractivity contribution in [1.29, 1.82) is 0 Å². The van der Waals surface area contributed by atoms with Crippen molar-refractivity contribution in [3.8, 4) is 0 Å². The van der Waals surface area contributed by atoms with Crippen molar-refractivity contribution in [2.24, 2.45) is 4.99 Å². The van der Waals surface area contributed by atoms with Gasteiger partial charge in [0.1, 0.15) is 12.4 Å². The van der Waals surface area contributed by atoms with Crippen molar-refractivity contribution >= 4 is 44.6 Å². The maximum atomic E-state index is 12.5. The van der Waals surface area contributed by atoms with Crippen LogP contribution in [0.3, 0.4) is 0 Å². The highest BCUT2D eigenvalue weighted by Crippen LogP contribution is 2.27. The molecule has 12 heteroatoms. The maximum absolute atomic E-state index is 12.5. The number of ether oxygens (including phenoxy) is 3. The van der Waals surface area contributed by atoms with E-state index < -0.39 is 22.0 Å². The van der Waals surface area contributed by atoms with Gasteiger partial charge in [-0.1, -0.05) is 11.8 Å². The Hall–Kier alpha value is -2.57. The molecule has 0 radical (unpaired) electrons. The maximum Gasteiger partial charge on any atom is 0.355 e. The number of esters is 2. The van der Waals surface area contributed by atoms with E-state index in [0.29, 0.717) is 17.4 Å². The summed E-state index contributed by atoms with van der Waals surface area (Å²) in [6, 6.07) is 5.79. The second kappa shape index (κ2) is 8.84. The molecule has 10 nitrogen and oxygen atoms in total. The lowest BCUT2D eigenvalue weighted by molar-refractivity contribution is -0.140. The molecule has 0 spiro atoms. The minimum absolute atomic E-state index is 0.0141. The van der Waals surface area contributed by atoms with Crippen LogP contribution in [0.4, 0.5) is 5.69 Å². The molecule has 156 valence electrons. The second-order valence-corrected chi connectivity index (χ2v) is 8.62. The molecule has 0 amide bonds. The Bertz CT molecular complexity index is 971. The summed E-state index contributed by atoms with van der Waals surface area (Å²) in [5.41, 5.74) is 0.439. The summed E-state index contributed by atoms with van der Waals surface area (Å²) in [4.78, 5) is 29.8. The Labute approximate surface area is 171 Å². The number of methoxy groups -OCH3 is 2. The summed E-state index contributed by atoms with van der Waals surface area (Å²) >= 11 is 1.33. The van der Waals surface area contributed by atoms with Gasteiger partial charge in [-0.3, -0.25) is 9.71 Å². The Morgan fingerprint density at radius 1 is 1.17 bits per heavy atom. The van der Waals surface area contributed by atoms with Crippen molar-refractivity contribution < 1.29 is 32.2 Å². The van der Waals surface area contributed by atoms with E-state index >= 15 is 0 Å². The molecule has 2 aliphatic heterocycles. The minimum atomic E-state index is -3.78. The average molecular weight is 441 g/mol. The normalized spacial score (nSPS) is 17.0. The van der Waals surface area contributed by atoms with Gasteiger partial charge in [-0.2, -0.15) is 0 Å². The van der Waals surface area contributed by atoms with Crippen LogP contribution in [0.25, 0.3) is 0 Å². The van der Waals surface area contributed by atoms with E-state index in [1.54, 1.807) is 0 Å². The van der Waals surface area contributed by atoms with Gasteiger partial charge >= 0.3 is 11.9 Å². The molecule has 0 unspecified atom stereocenters. The number of carbonyl (C=O) groups excluding carboxylic acids is 2. The highest BCUT2D eigenvalue weighted by atomic mass is 32.2. The molecular weight excluding hydrogens is 422 g/mol. The number of aliphatic imine (C=N–C) groups is 1. The molecule has 2 heterocycles. The van der Waals surface area contributed by atoms with Crippen LogP contribution >= 0.6 is 11.8 Å². The lowest BCUT2D eigenvalue weighted by atomic mass is 10.1. The lowest BCUT2D eigenvalue weighted by Gasteiger charge is -2.31. The van der Waals surface area contributed by atoms with E-state index in [4.69, 9.17) is 14.2 Å². The first kappa shape index (κ1) is 21.1. The van der Waals surface area contributed by atoms with Crippen molar-refractivity contribution in [3.05, 3.63) is 35.5 Å². The molecule has 1 N–H and O–H groups in total. The molecule has 1 aromatic carbocycles. The number of carbonyl (C=O) groups is 2. The number of sulfonamides is 1. The van der Waals surface area contributed by atoms with Crippen LogP contribution in [-0.4, -0.2) is 65.4 Å². The lowest BCUT2D eigenvalue weighted by Crippen LogP contribution is -2.38. The zero-order valence-electron chi connectivity index (χ0n) is 15.7. The predicted octanol–water partition coefficient (Wildman–Crippen LogP) is 0.462. The van der Waals surface area contributed by atoms with Crippen molar-refractivity contribution in [1.82, 2.24) is 4.72 Å². The van der Waals surface area contributed by atoms with Gasteiger partial charge in [-0.05, 0) is 24.3 Å². The first-order valence-corrected chi connectivity index (χ1v) is 10.9. The first-order valence-electron chi connectivity index (χ1n) is 8.42. The van der Waals surface area contributed by atoms with Crippen LogP contribution in [0.1, 0.15) is 0 Å². The monoisotopic (exact) mass is 441 g/mol. The standard InChI is InChI=1S/C17H19N3O7S2/c1-25-15(21)13-9-27-10-20(14(13)16(22)26-2)11-3-5-12(6-4-11)29(23,24)19-17-18-7-8-28-17/h3-6H,7-10H2,1-2H3,(H,18,19). The highest BCUT2D eigenvalue weighted by molar-refractivity contribution is 8.15. The van der Waals surface area contributed by atoms with E-state index in [-0.39, 0.29) is 29.5 Å². The van der Waals surface area contributed by atoms with Crippen molar-refractivity contribution in [2.45, 2.75) is 4.90 Å². The third kappa shape index (κ3) is 4.54. The summed E-state index contributed by atoms with van der Waals surface area (Å²) in [5, 5.41) is 0.358. The molecule has 0 atom stereocenters. The minimum Gasteiger partial charge on any atom is -0.466 e. The third-order valence-electron chi connectivity index (χ3n) is 4.10. The van der Waals surface area contributed by atoms with Crippen LogP contribution in [0.15, 0.2) is 45.4 Å². The molecule has 29 heavy (non-hydrogen) atoms. The number of nitrogens with zero attached hydrogens (tertiary/aromatic N) is 2. The number of thioether (sulfide) groups is 1. The second-order valence-electron chi connectivity index (χ2n) is 5.85. The van der Waals surface area contributed by atoms with Crippen LogP contribution < -0.4 is 9.62 Å². The number of rotatable bonds is 5. The summed E-state index contributed by atoms with van der Waals surface area (Å²) in [7, 11) is -1.39. The Morgan fingerprint density at radius 2 is 1.86 bits per heavy atom. The van der Waals surface area contributed by atoms with Crippen LogP contribution in [-0.2, 0) is 33.8 Å².